The van der Waals surface area contributed by atoms with Crippen molar-refractivity contribution in [3.63, 3.8) is 0 Å². The first-order valence-electron chi connectivity index (χ1n) is 9.48. The van der Waals surface area contributed by atoms with Crippen molar-refractivity contribution >= 4 is 28.8 Å². The number of aromatic nitrogens is 4. The molecule has 32 heavy (non-hydrogen) atoms. The average Bonchev–Trinajstić information content (AvgIpc) is 3.40. The van der Waals surface area contributed by atoms with Gasteiger partial charge < -0.3 is 10.1 Å². The standard InChI is InChI=1S/C20H16ClF2N5O3S/c1-2-30-14-8-15(32-18(14)19-27-20(29)31-28-19)13-7-16(26-9-25-13)24-6-5-10-11(22)3-4-12(23)17(10)21/h3-4,7-9H,2,5-6H2,1H3,(H,24,25,26)(H,27,28,29). The maximum atomic E-state index is 13.9. The summed E-state index contributed by atoms with van der Waals surface area (Å²) in [6.45, 7) is 2.53. The minimum atomic E-state index is -0.667. The smallest absolute Gasteiger partial charge is 0.439 e. The first-order chi connectivity index (χ1) is 15.5. The van der Waals surface area contributed by atoms with Crippen molar-refractivity contribution in [2.45, 2.75) is 13.3 Å². The Morgan fingerprint density at radius 3 is 2.81 bits per heavy atom. The van der Waals surface area contributed by atoms with Gasteiger partial charge in [-0.05, 0) is 25.5 Å². The van der Waals surface area contributed by atoms with Gasteiger partial charge in [-0.15, -0.1) is 11.3 Å². The van der Waals surface area contributed by atoms with E-state index in [4.69, 9.17) is 16.3 Å². The molecule has 0 fully saturated rings. The lowest BCUT2D eigenvalue weighted by Crippen LogP contribution is -2.08. The molecule has 0 saturated heterocycles. The molecule has 1 aromatic carbocycles. The third-order valence-electron chi connectivity index (χ3n) is 4.39. The van der Waals surface area contributed by atoms with Gasteiger partial charge in [0.05, 0.1) is 22.2 Å². The molecule has 4 rings (SSSR count). The van der Waals surface area contributed by atoms with Gasteiger partial charge in [0, 0.05) is 24.2 Å². The number of H-pyrrole nitrogens is 1. The van der Waals surface area contributed by atoms with Gasteiger partial charge >= 0.3 is 5.76 Å². The second-order valence-corrected chi connectivity index (χ2v) is 7.90. The number of halogens is 3. The predicted molar refractivity (Wildman–Crippen MR) is 116 cm³/mol. The topological polar surface area (TPSA) is 106 Å². The number of hydrogen-bond donors (Lipinski definition) is 2. The third kappa shape index (κ3) is 4.63. The Kier molecular flexibility index (Phi) is 6.47. The maximum absolute atomic E-state index is 13.9. The van der Waals surface area contributed by atoms with Crippen LogP contribution in [0.15, 0.2) is 39.9 Å². The number of nitrogens with zero attached hydrogens (tertiary/aromatic N) is 3. The van der Waals surface area contributed by atoms with Crippen molar-refractivity contribution in [1.29, 1.82) is 0 Å². The van der Waals surface area contributed by atoms with Crippen LogP contribution in [-0.4, -0.2) is 33.3 Å². The van der Waals surface area contributed by atoms with E-state index in [1.807, 2.05) is 6.92 Å². The molecular weight excluding hydrogens is 464 g/mol. The fraction of sp³-hybridized carbons (Fsp3) is 0.200. The summed E-state index contributed by atoms with van der Waals surface area (Å²) in [6.07, 6.45) is 1.55. The second kappa shape index (κ2) is 9.45. The van der Waals surface area contributed by atoms with Crippen LogP contribution in [0.25, 0.3) is 21.3 Å². The lowest BCUT2D eigenvalue weighted by atomic mass is 10.1. The second-order valence-electron chi connectivity index (χ2n) is 6.47. The fourth-order valence-corrected chi connectivity index (χ4v) is 4.21. The molecule has 4 aromatic rings. The maximum Gasteiger partial charge on any atom is 0.439 e. The molecule has 8 nitrogen and oxygen atoms in total. The SMILES string of the molecule is CCOc1cc(-c2cc(NCCc3c(F)ccc(F)c3Cl)ncn2)sc1-c1noc(=O)[nH]1. The lowest BCUT2D eigenvalue weighted by molar-refractivity contribution is 0.342. The van der Waals surface area contributed by atoms with E-state index in [2.05, 4.69) is 29.9 Å². The fourth-order valence-electron chi connectivity index (χ4n) is 2.96. The number of ether oxygens (including phenoxy) is 1. The Bertz CT molecular complexity index is 1310. The molecular formula is C20H16ClF2N5O3S. The van der Waals surface area contributed by atoms with Gasteiger partial charge in [0.2, 0.25) is 0 Å². The molecule has 166 valence electrons. The number of rotatable bonds is 8. The molecule has 12 heteroatoms. The predicted octanol–water partition coefficient (Wildman–Crippen LogP) is 4.53. The molecule has 3 heterocycles. The van der Waals surface area contributed by atoms with Gasteiger partial charge in [0.25, 0.3) is 0 Å². The van der Waals surface area contributed by atoms with Gasteiger partial charge in [0.1, 0.15) is 34.4 Å². The van der Waals surface area contributed by atoms with Gasteiger partial charge in [0.15, 0.2) is 5.82 Å². The third-order valence-corrected chi connectivity index (χ3v) is 5.95. The van der Waals surface area contributed by atoms with E-state index in [0.29, 0.717) is 28.7 Å². The van der Waals surface area contributed by atoms with Crippen LogP contribution in [0.2, 0.25) is 5.02 Å². The largest absolute Gasteiger partial charge is 0.492 e. The number of nitrogens with one attached hydrogen (secondary N) is 2. The number of thiophene rings is 1. The Labute approximate surface area is 189 Å². The van der Waals surface area contributed by atoms with Gasteiger partial charge in [-0.1, -0.05) is 16.8 Å². The molecule has 0 atom stereocenters. The Hall–Kier alpha value is -3.31. The van der Waals surface area contributed by atoms with Crippen molar-refractivity contribution in [2.24, 2.45) is 0 Å². The molecule has 0 amide bonds. The zero-order valence-electron chi connectivity index (χ0n) is 16.6. The Morgan fingerprint density at radius 2 is 2.06 bits per heavy atom. The normalized spacial score (nSPS) is 11.0. The van der Waals surface area contributed by atoms with Crippen LogP contribution in [0.3, 0.4) is 0 Å². The molecule has 0 radical (unpaired) electrons. The van der Waals surface area contributed by atoms with Crippen LogP contribution in [0, 0.1) is 11.6 Å². The number of benzene rings is 1. The lowest BCUT2D eigenvalue weighted by Gasteiger charge is -2.09. The monoisotopic (exact) mass is 479 g/mol. The molecule has 0 spiro atoms. The van der Waals surface area contributed by atoms with Crippen LogP contribution in [0.5, 0.6) is 5.75 Å². The molecule has 0 aliphatic rings. The van der Waals surface area contributed by atoms with E-state index < -0.39 is 17.4 Å². The van der Waals surface area contributed by atoms with E-state index in [9.17, 15) is 13.6 Å². The van der Waals surface area contributed by atoms with Crippen LogP contribution >= 0.6 is 22.9 Å². The Balaban J connectivity index is 1.53. The zero-order chi connectivity index (χ0) is 22.7. The average molecular weight is 480 g/mol. The van der Waals surface area contributed by atoms with E-state index in [-0.39, 0.29) is 29.4 Å². The highest BCUT2D eigenvalue weighted by molar-refractivity contribution is 7.19. The minimum Gasteiger partial charge on any atom is -0.492 e. The number of aromatic amines is 1. The highest BCUT2D eigenvalue weighted by atomic mass is 35.5. The summed E-state index contributed by atoms with van der Waals surface area (Å²) in [5.41, 5.74) is 0.694. The van der Waals surface area contributed by atoms with Crippen LogP contribution < -0.4 is 15.8 Å². The molecule has 0 aliphatic carbocycles. The van der Waals surface area contributed by atoms with Crippen LogP contribution in [-0.2, 0) is 6.42 Å². The van der Waals surface area contributed by atoms with Crippen molar-refractivity contribution in [3.05, 3.63) is 63.4 Å². The molecule has 0 bridgehead atoms. The quantitative estimate of drug-likeness (QED) is 0.357. The highest BCUT2D eigenvalue weighted by Crippen LogP contribution is 2.41. The van der Waals surface area contributed by atoms with Crippen molar-refractivity contribution in [3.8, 4) is 27.0 Å². The summed E-state index contributed by atoms with van der Waals surface area (Å²) >= 11 is 7.18. The van der Waals surface area contributed by atoms with Crippen molar-refractivity contribution < 1.29 is 18.0 Å². The van der Waals surface area contributed by atoms with E-state index in [1.54, 1.807) is 12.1 Å². The minimum absolute atomic E-state index is 0.0966. The summed E-state index contributed by atoms with van der Waals surface area (Å²) in [5.74, 6) is -0.620. The molecule has 0 aliphatic heterocycles. The van der Waals surface area contributed by atoms with Crippen molar-refractivity contribution in [1.82, 2.24) is 20.1 Å². The molecule has 3 aromatic heterocycles. The summed E-state index contributed by atoms with van der Waals surface area (Å²) in [5, 5.41) is 6.55. The highest BCUT2D eigenvalue weighted by Gasteiger charge is 2.18. The van der Waals surface area contributed by atoms with E-state index in [1.165, 1.54) is 17.7 Å². The first kappa shape index (κ1) is 21.9. The molecule has 0 unspecified atom stereocenters. The molecule has 2 N–H and O–H groups in total. The van der Waals surface area contributed by atoms with Crippen molar-refractivity contribution in [2.75, 3.05) is 18.5 Å². The number of hydrogen-bond acceptors (Lipinski definition) is 8. The Morgan fingerprint density at radius 1 is 1.25 bits per heavy atom. The summed E-state index contributed by atoms with van der Waals surface area (Å²) in [4.78, 5) is 23.6. The summed E-state index contributed by atoms with van der Waals surface area (Å²) < 4.78 is 37.8. The van der Waals surface area contributed by atoms with Gasteiger partial charge in [-0.2, -0.15) is 0 Å². The van der Waals surface area contributed by atoms with Gasteiger partial charge in [-0.3, -0.25) is 9.51 Å². The van der Waals surface area contributed by atoms with E-state index >= 15 is 0 Å². The first-order valence-corrected chi connectivity index (χ1v) is 10.7. The molecule has 0 saturated carbocycles. The number of anilines is 1. The van der Waals surface area contributed by atoms with Gasteiger partial charge in [-0.25, -0.2) is 23.5 Å². The van der Waals surface area contributed by atoms with Crippen LogP contribution in [0.4, 0.5) is 14.6 Å². The summed E-state index contributed by atoms with van der Waals surface area (Å²) in [6, 6.07) is 5.53. The summed E-state index contributed by atoms with van der Waals surface area (Å²) in [7, 11) is 0. The van der Waals surface area contributed by atoms with E-state index in [0.717, 1.165) is 17.0 Å². The zero-order valence-corrected chi connectivity index (χ0v) is 18.2. The van der Waals surface area contributed by atoms with Crippen LogP contribution in [0.1, 0.15) is 12.5 Å².